The minimum atomic E-state index is -0.950. The topological polar surface area (TPSA) is 59.0 Å². The second-order valence-electron chi connectivity index (χ2n) is 4.99. The third kappa shape index (κ3) is 2.97. The molecule has 1 N–H and O–H groups in total. The van der Waals surface area contributed by atoms with E-state index in [-0.39, 0.29) is 5.41 Å². The van der Waals surface area contributed by atoms with Crippen molar-refractivity contribution in [2.24, 2.45) is 5.41 Å². The number of methoxy groups -OCH3 is 1. The second kappa shape index (κ2) is 5.33. The summed E-state index contributed by atoms with van der Waals surface area (Å²) in [5.74, 6) is -0.496. The first-order chi connectivity index (χ1) is 8.18. The van der Waals surface area contributed by atoms with Gasteiger partial charge < -0.3 is 14.6 Å². The van der Waals surface area contributed by atoms with Gasteiger partial charge in [0.05, 0.1) is 20.3 Å². The summed E-state index contributed by atoms with van der Waals surface area (Å²) in [6.07, 6.45) is 1.76. The molecule has 1 aliphatic heterocycles. The van der Waals surface area contributed by atoms with E-state index in [9.17, 15) is 9.90 Å². The van der Waals surface area contributed by atoms with Gasteiger partial charge in [-0.15, -0.1) is 0 Å². The van der Waals surface area contributed by atoms with Crippen LogP contribution in [-0.4, -0.2) is 62.0 Å². The Morgan fingerprint density at radius 2 is 2.12 bits per heavy atom. The van der Waals surface area contributed by atoms with Gasteiger partial charge in [-0.2, -0.15) is 0 Å². The van der Waals surface area contributed by atoms with E-state index in [2.05, 4.69) is 9.64 Å². The largest absolute Gasteiger partial charge is 0.467 e. The second-order valence-corrected chi connectivity index (χ2v) is 4.99. The first-order valence-corrected chi connectivity index (χ1v) is 6.24. The van der Waals surface area contributed by atoms with Crippen molar-refractivity contribution < 1.29 is 19.4 Å². The smallest absolute Gasteiger partial charge is 0.335 e. The van der Waals surface area contributed by atoms with Crippen LogP contribution in [0.4, 0.5) is 0 Å². The monoisotopic (exact) mass is 243 g/mol. The molecule has 1 saturated carbocycles. The van der Waals surface area contributed by atoms with E-state index in [1.54, 1.807) is 0 Å². The molecule has 0 amide bonds. The van der Waals surface area contributed by atoms with Crippen LogP contribution < -0.4 is 0 Å². The Labute approximate surface area is 102 Å². The molecule has 1 unspecified atom stereocenters. The van der Waals surface area contributed by atoms with Crippen LogP contribution in [0, 0.1) is 5.41 Å². The maximum Gasteiger partial charge on any atom is 0.335 e. The van der Waals surface area contributed by atoms with Crippen LogP contribution in [0.15, 0.2) is 0 Å². The highest BCUT2D eigenvalue weighted by Gasteiger charge is 2.52. The molecule has 2 rings (SSSR count). The highest BCUT2D eigenvalue weighted by molar-refractivity contribution is 5.75. The van der Waals surface area contributed by atoms with E-state index in [0.29, 0.717) is 0 Å². The molecule has 0 aromatic heterocycles. The number of ether oxygens (including phenoxy) is 2. The van der Waals surface area contributed by atoms with Gasteiger partial charge in [0.25, 0.3) is 0 Å². The number of morpholine rings is 1. The van der Waals surface area contributed by atoms with Crippen molar-refractivity contribution in [3.8, 4) is 0 Å². The predicted molar refractivity (Wildman–Crippen MR) is 61.6 cm³/mol. The van der Waals surface area contributed by atoms with Gasteiger partial charge in [0.1, 0.15) is 0 Å². The maximum absolute atomic E-state index is 11.3. The van der Waals surface area contributed by atoms with Crippen LogP contribution in [0.3, 0.4) is 0 Å². The Hall–Kier alpha value is -0.650. The molecule has 1 saturated heterocycles. The number of nitrogens with zero attached hydrogens (tertiary/aromatic N) is 1. The van der Waals surface area contributed by atoms with Gasteiger partial charge in [-0.1, -0.05) is 0 Å². The maximum atomic E-state index is 11.3. The minimum Gasteiger partial charge on any atom is -0.467 e. The molecule has 2 fully saturated rings. The first-order valence-electron chi connectivity index (χ1n) is 6.24. The summed E-state index contributed by atoms with van der Waals surface area (Å²) >= 11 is 0. The molecule has 98 valence electrons. The molecular weight excluding hydrogens is 222 g/mol. The van der Waals surface area contributed by atoms with Gasteiger partial charge in [-0.05, 0) is 25.8 Å². The van der Waals surface area contributed by atoms with Crippen molar-refractivity contribution in [2.45, 2.75) is 25.4 Å². The van der Waals surface area contributed by atoms with Crippen LogP contribution in [0.2, 0.25) is 0 Å². The summed E-state index contributed by atoms with van der Waals surface area (Å²) in [4.78, 5) is 13.7. The molecule has 1 atom stereocenters. The van der Waals surface area contributed by atoms with E-state index >= 15 is 0 Å². The number of aliphatic hydroxyl groups excluding tert-OH is 1. The Morgan fingerprint density at radius 3 is 2.65 bits per heavy atom. The number of carbonyl (C=O) groups is 1. The Balaban J connectivity index is 1.79. The fourth-order valence-electron chi connectivity index (χ4n) is 2.39. The predicted octanol–water partition coefficient (Wildman–Crippen LogP) is 0.0228. The lowest BCUT2D eigenvalue weighted by Gasteiger charge is -2.29. The summed E-state index contributed by atoms with van der Waals surface area (Å²) in [7, 11) is 1.32. The molecule has 1 aliphatic carbocycles. The van der Waals surface area contributed by atoms with Crippen molar-refractivity contribution in [2.75, 3.05) is 40.0 Å². The molecule has 1 heterocycles. The molecule has 0 aromatic carbocycles. The van der Waals surface area contributed by atoms with Gasteiger partial charge in [0.2, 0.25) is 0 Å². The van der Waals surface area contributed by atoms with Gasteiger partial charge in [-0.3, -0.25) is 4.90 Å². The molecule has 17 heavy (non-hydrogen) atoms. The van der Waals surface area contributed by atoms with Gasteiger partial charge in [0, 0.05) is 18.5 Å². The fourth-order valence-corrected chi connectivity index (χ4v) is 2.39. The highest BCUT2D eigenvalue weighted by Crippen LogP contribution is 2.52. The Kier molecular flexibility index (Phi) is 4.01. The van der Waals surface area contributed by atoms with E-state index in [1.165, 1.54) is 7.11 Å². The molecule has 2 aliphatic rings. The van der Waals surface area contributed by atoms with Crippen LogP contribution in [-0.2, 0) is 14.3 Å². The normalized spacial score (nSPS) is 25.3. The standard InChI is InChI=1S/C12H21NO4/c1-16-11(15)10(14)12(2-3-12)4-5-13-6-8-17-9-7-13/h10,14H,2-9H2,1H3. The summed E-state index contributed by atoms with van der Waals surface area (Å²) in [6.45, 7) is 4.39. The SMILES string of the molecule is COC(=O)C(O)C1(CCN2CCOCC2)CC1. The molecular formula is C12H21NO4. The summed E-state index contributed by atoms with van der Waals surface area (Å²) in [5.41, 5.74) is -0.217. The molecule has 5 heteroatoms. The molecule has 0 aromatic rings. The first kappa shape index (κ1) is 12.8. The lowest BCUT2D eigenvalue weighted by molar-refractivity contribution is -0.154. The van der Waals surface area contributed by atoms with E-state index in [0.717, 1.165) is 52.1 Å². The Bertz CT molecular complexity index is 272. The third-order valence-electron chi connectivity index (χ3n) is 3.93. The Morgan fingerprint density at radius 1 is 1.47 bits per heavy atom. The zero-order chi connectivity index (χ0) is 12.3. The van der Waals surface area contributed by atoms with E-state index in [1.807, 2.05) is 0 Å². The lowest BCUT2D eigenvalue weighted by Crippen LogP contribution is -2.40. The number of esters is 1. The fraction of sp³-hybridized carbons (Fsp3) is 0.917. The molecule has 5 nitrogen and oxygen atoms in total. The van der Waals surface area contributed by atoms with E-state index in [4.69, 9.17) is 4.74 Å². The van der Waals surface area contributed by atoms with Crippen molar-refractivity contribution in [3.05, 3.63) is 0 Å². The zero-order valence-electron chi connectivity index (χ0n) is 10.4. The van der Waals surface area contributed by atoms with Gasteiger partial charge >= 0.3 is 5.97 Å². The molecule has 0 radical (unpaired) electrons. The average molecular weight is 243 g/mol. The number of aliphatic hydroxyl groups is 1. The van der Waals surface area contributed by atoms with Crippen molar-refractivity contribution >= 4 is 5.97 Å². The molecule has 0 bridgehead atoms. The lowest BCUT2D eigenvalue weighted by atomic mass is 9.94. The van der Waals surface area contributed by atoms with Crippen LogP contribution in [0.5, 0.6) is 0 Å². The van der Waals surface area contributed by atoms with Crippen molar-refractivity contribution in [3.63, 3.8) is 0 Å². The van der Waals surface area contributed by atoms with Crippen molar-refractivity contribution in [1.82, 2.24) is 4.90 Å². The molecule has 0 spiro atoms. The quantitative estimate of drug-likeness (QED) is 0.690. The third-order valence-corrected chi connectivity index (χ3v) is 3.93. The summed E-state index contributed by atoms with van der Waals surface area (Å²) in [5, 5.41) is 9.92. The summed E-state index contributed by atoms with van der Waals surface area (Å²) in [6, 6.07) is 0. The zero-order valence-corrected chi connectivity index (χ0v) is 10.4. The number of hydrogen-bond acceptors (Lipinski definition) is 5. The van der Waals surface area contributed by atoms with Gasteiger partial charge in [0.15, 0.2) is 6.10 Å². The number of carbonyl (C=O) groups excluding carboxylic acids is 1. The average Bonchev–Trinajstić information content (AvgIpc) is 3.17. The number of hydrogen-bond donors (Lipinski definition) is 1. The van der Waals surface area contributed by atoms with E-state index < -0.39 is 12.1 Å². The van der Waals surface area contributed by atoms with Crippen LogP contribution in [0.1, 0.15) is 19.3 Å². The van der Waals surface area contributed by atoms with Crippen LogP contribution >= 0.6 is 0 Å². The highest BCUT2D eigenvalue weighted by atomic mass is 16.5. The van der Waals surface area contributed by atoms with Crippen molar-refractivity contribution in [1.29, 1.82) is 0 Å². The number of rotatable bonds is 5. The summed E-state index contributed by atoms with van der Waals surface area (Å²) < 4.78 is 9.89. The van der Waals surface area contributed by atoms with Gasteiger partial charge in [-0.25, -0.2) is 4.79 Å². The van der Waals surface area contributed by atoms with Crippen LogP contribution in [0.25, 0.3) is 0 Å². The minimum absolute atomic E-state index is 0.217.